The number of ketones is 1. The molecule has 0 heterocycles. The van der Waals surface area contributed by atoms with Crippen LogP contribution in [0.3, 0.4) is 0 Å². The van der Waals surface area contributed by atoms with E-state index in [1.807, 2.05) is 6.92 Å². The SMILES string of the molecule is C=C(CC(=O)CC)CC(=O)NC(N)CC. The Morgan fingerprint density at radius 2 is 1.93 bits per heavy atom. The quantitative estimate of drug-likeness (QED) is 0.490. The summed E-state index contributed by atoms with van der Waals surface area (Å²) in [6.07, 6.45) is 1.32. The monoisotopic (exact) mass is 212 g/mol. The molecule has 1 amide bonds. The van der Waals surface area contributed by atoms with E-state index in [1.54, 1.807) is 6.92 Å². The van der Waals surface area contributed by atoms with Gasteiger partial charge in [-0.25, -0.2) is 0 Å². The Kier molecular flexibility index (Phi) is 6.62. The lowest BCUT2D eigenvalue weighted by Crippen LogP contribution is -2.40. The average molecular weight is 212 g/mol. The number of carbonyl (C=O) groups is 2. The lowest BCUT2D eigenvalue weighted by molar-refractivity contribution is -0.121. The molecule has 0 radical (unpaired) electrons. The van der Waals surface area contributed by atoms with Crippen LogP contribution in [0, 0.1) is 0 Å². The topological polar surface area (TPSA) is 72.2 Å². The fourth-order valence-electron chi connectivity index (χ4n) is 1.05. The van der Waals surface area contributed by atoms with E-state index in [-0.39, 0.29) is 30.7 Å². The summed E-state index contributed by atoms with van der Waals surface area (Å²) in [5.41, 5.74) is 6.19. The number of nitrogens with one attached hydrogen (secondary N) is 1. The van der Waals surface area contributed by atoms with E-state index in [0.29, 0.717) is 18.4 Å². The Morgan fingerprint density at radius 3 is 2.40 bits per heavy atom. The molecule has 0 saturated carbocycles. The van der Waals surface area contributed by atoms with Gasteiger partial charge in [0.1, 0.15) is 5.78 Å². The highest BCUT2D eigenvalue weighted by Gasteiger charge is 2.09. The summed E-state index contributed by atoms with van der Waals surface area (Å²) in [6, 6.07) is 0. The Balaban J connectivity index is 3.86. The van der Waals surface area contributed by atoms with E-state index in [2.05, 4.69) is 11.9 Å². The second-order valence-corrected chi connectivity index (χ2v) is 3.58. The number of Topliss-reactive ketones (excluding diaryl/α,β-unsaturated/α-hetero) is 1. The zero-order chi connectivity index (χ0) is 11.8. The van der Waals surface area contributed by atoms with Gasteiger partial charge in [-0.15, -0.1) is 0 Å². The van der Waals surface area contributed by atoms with E-state index < -0.39 is 0 Å². The van der Waals surface area contributed by atoms with Crippen molar-refractivity contribution in [2.75, 3.05) is 0 Å². The molecule has 1 unspecified atom stereocenters. The highest BCUT2D eigenvalue weighted by molar-refractivity contribution is 5.84. The minimum Gasteiger partial charge on any atom is -0.341 e. The molecule has 86 valence electrons. The van der Waals surface area contributed by atoms with Gasteiger partial charge in [0.2, 0.25) is 5.91 Å². The predicted octanol–water partition coefficient (Wildman–Crippen LogP) is 1.11. The minimum absolute atomic E-state index is 0.104. The van der Waals surface area contributed by atoms with Crippen molar-refractivity contribution in [1.82, 2.24) is 5.32 Å². The van der Waals surface area contributed by atoms with Gasteiger partial charge < -0.3 is 11.1 Å². The molecule has 0 bridgehead atoms. The van der Waals surface area contributed by atoms with Gasteiger partial charge in [-0.1, -0.05) is 26.0 Å². The molecule has 0 saturated heterocycles. The van der Waals surface area contributed by atoms with Crippen molar-refractivity contribution in [2.24, 2.45) is 5.73 Å². The van der Waals surface area contributed by atoms with E-state index >= 15 is 0 Å². The molecular formula is C11H20N2O2. The predicted molar refractivity (Wildman–Crippen MR) is 60.1 cm³/mol. The van der Waals surface area contributed by atoms with Crippen LogP contribution in [0.2, 0.25) is 0 Å². The zero-order valence-electron chi connectivity index (χ0n) is 9.51. The number of hydrogen-bond acceptors (Lipinski definition) is 3. The van der Waals surface area contributed by atoms with Crippen LogP contribution in [0.5, 0.6) is 0 Å². The first-order chi connectivity index (χ1) is 6.99. The minimum atomic E-state index is -0.313. The number of amides is 1. The highest BCUT2D eigenvalue weighted by Crippen LogP contribution is 2.06. The molecule has 0 aliphatic carbocycles. The van der Waals surface area contributed by atoms with Crippen molar-refractivity contribution in [2.45, 2.75) is 45.7 Å². The molecule has 4 nitrogen and oxygen atoms in total. The number of hydrogen-bond donors (Lipinski definition) is 2. The summed E-state index contributed by atoms with van der Waals surface area (Å²) >= 11 is 0. The van der Waals surface area contributed by atoms with Crippen molar-refractivity contribution in [1.29, 1.82) is 0 Å². The first kappa shape index (κ1) is 13.8. The van der Waals surface area contributed by atoms with Crippen LogP contribution < -0.4 is 11.1 Å². The Hall–Kier alpha value is -1.16. The molecule has 3 N–H and O–H groups in total. The highest BCUT2D eigenvalue weighted by atomic mass is 16.1. The third-order valence-corrected chi connectivity index (χ3v) is 2.04. The smallest absolute Gasteiger partial charge is 0.225 e. The van der Waals surface area contributed by atoms with E-state index in [1.165, 1.54) is 0 Å². The van der Waals surface area contributed by atoms with Gasteiger partial charge in [-0.2, -0.15) is 0 Å². The third-order valence-electron chi connectivity index (χ3n) is 2.04. The van der Waals surface area contributed by atoms with Gasteiger partial charge in [0.25, 0.3) is 0 Å². The molecule has 0 aromatic rings. The van der Waals surface area contributed by atoms with E-state index in [0.717, 1.165) is 0 Å². The number of nitrogens with two attached hydrogens (primary N) is 1. The van der Waals surface area contributed by atoms with Gasteiger partial charge in [0.05, 0.1) is 6.17 Å². The Bertz CT molecular complexity index is 249. The maximum absolute atomic E-state index is 11.3. The normalized spacial score (nSPS) is 11.9. The van der Waals surface area contributed by atoms with Crippen LogP contribution in [-0.2, 0) is 9.59 Å². The first-order valence-corrected chi connectivity index (χ1v) is 5.22. The van der Waals surface area contributed by atoms with E-state index in [4.69, 9.17) is 5.73 Å². The summed E-state index contributed by atoms with van der Waals surface area (Å²) in [6.45, 7) is 7.38. The van der Waals surface area contributed by atoms with Crippen LogP contribution >= 0.6 is 0 Å². The lowest BCUT2D eigenvalue weighted by Gasteiger charge is -2.11. The molecule has 1 atom stereocenters. The fourth-order valence-corrected chi connectivity index (χ4v) is 1.05. The molecule has 0 rings (SSSR count). The fraction of sp³-hybridized carbons (Fsp3) is 0.636. The van der Waals surface area contributed by atoms with Gasteiger partial charge in [0.15, 0.2) is 0 Å². The third kappa shape index (κ3) is 6.85. The van der Waals surface area contributed by atoms with Crippen LogP contribution in [0.15, 0.2) is 12.2 Å². The second kappa shape index (κ2) is 7.17. The number of rotatable bonds is 7. The molecule has 0 aliphatic rings. The molecule has 4 heteroatoms. The maximum Gasteiger partial charge on any atom is 0.225 e. The summed E-state index contributed by atoms with van der Waals surface area (Å²) in [5, 5.41) is 2.62. The molecule has 0 spiro atoms. The van der Waals surface area contributed by atoms with Crippen molar-refractivity contribution >= 4 is 11.7 Å². The Morgan fingerprint density at radius 1 is 1.33 bits per heavy atom. The van der Waals surface area contributed by atoms with Crippen molar-refractivity contribution in [3.05, 3.63) is 12.2 Å². The van der Waals surface area contributed by atoms with Crippen molar-refractivity contribution in [3.8, 4) is 0 Å². The largest absolute Gasteiger partial charge is 0.341 e. The van der Waals surface area contributed by atoms with Crippen LogP contribution in [0.25, 0.3) is 0 Å². The molecule has 0 aromatic heterocycles. The standard InChI is InChI=1S/C11H20N2O2/c1-4-9(14)6-8(3)7-11(15)13-10(12)5-2/h10H,3-7,12H2,1-2H3,(H,13,15). The first-order valence-electron chi connectivity index (χ1n) is 5.22. The van der Waals surface area contributed by atoms with E-state index in [9.17, 15) is 9.59 Å². The summed E-state index contributed by atoms with van der Waals surface area (Å²) in [5.74, 6) is -0.0640. The van der Waals surface area contributed by atoms with Gasteiger partial charge >= 0.3 is 0 Å². The maximum atomic E-state index is 11.3. The number of carbonyl (C=O) groups excluding carboxylic acids is 2. The average Bonchev–Trinajstić information content (AvgIpc) is 2.16. The van der Waals surface area contributed by atoms with Crippen LogP contribution in [-0.4, -0.2) is 17.9 Å². The molecule has 0 aliphatic heterocycles. The zero-order valence-corrected chi connectivity index (χ0v) is 9.51. The molecule has 0 fully saturated rings. The molecule has 0 aromatic carbocycles. The van der Waals surface area contributed by atoms with Crippen molar-refractivity contribution < 1.29 is 9.59 Å². The summed E-state index contributed by atoms with van der Waals surface area (Å²) < 4.78 is 0. The van der Waals surface area contributed by atoms with Gasteiger partial charge in [-0.05, 0) is 6.42 Å². The molecule has 15 heavy (non-hydrogen) atoms. The van der Waals surface area contributed by atoms with Crippen LogP contribution in [0.1, 0.15) is 39.5 Å². The Labute approximate surface area is 90.9 Å². The lowest BCUT2D eigenvalue weighted by atomic mass is 10.1. The van der Waals surface area contributed by atoms with Crippen molar-refractivity contribution in [3.63, 3.8) is 0 Å². The summed E-state index contributed by atoms with van der Waals surface area (Å²) in [7, 11) is 0. The van der Waals surface area contributed by atoms with Gasteiger partial charge in [-0.3, -0.25) is 9.59 Å². The van der Waals surface area contributed by atoms with Gasteiger partial charge in [0, 0.05) is 19.3 Å². The second-order valence-electron chi connectivity index (χ2n) is 3.58. The summed E-state index contributed by atoms with van der Waals surface area (Å²) in [4.78, 5) is 22.4. The molecular weight excluding hydrogens is 192 g/mol. The van der Waals surface area contributed by atoms with Crippen LogP contribution in [0.4, 0.5) is 0 Å².